The minimum Gasteiger partial charge on any atom is -0.395 e. The maximum Gasteiger partial charge on any atom is 0.247 e. The summed E-state index contributed by atoms with van der Waals surface area (Å²) in [6.45, 7) is 9.79. The van der Waals surface area contributed by atoms with Gasteiger partial charge in [0.2, 0.25) is 5.91 Å². The van der Waals surface area contributed by atoms with E-state index < -0.39 is 0 Å². The molecule has 0 saturated carbocycles. The Bertz CT molecular complexity index is 464. The molecular weight excluding hydrogens is 256 g/mol. The number of piperazine rings is 1. The molecule has 6 heteroatoms. The van der Waals surface area contributed by atoms with E-state index in [0.717, 1.165) is 37.6 Å². The molecule has 20 heavy (non-hydrogen) atoms. The monoisotopic (exact) mass is 280 g/mol. The van der Waals surface area contributed by atoms with Crippen LogP contribution in [0.2, 0.25) is 0 Å². The number of aryl methyl sites for hydroxylation is 2. The maximum atomic E-state index is 12.5. The highest BCUT2D eigenvalue weighted by molar-refractivity contribution is 5.80. The molecule has 112 valence electrons. The molecule has 1 saturated heterocycles. The van der Waals surface area contributed by atoms with E-state index >= 15 is 0 Å². The van der Waals surface area contributed by atoms with E-state index in [-0.39, 0.29) is 18.6 Å². The number of aliphatic hydroxyl groups is 1. The average molecular weight is 280 g/mol. The smallest absolute Gasteiger partial charge is 0.247 e. The molecule has 1 aliphatic rings. The quantitative estimate of drug-likeness (QED) is 0.856. The number of nitrogens with zero attached hydrogens (tertiary/aromatic N) is 4. The highest BCUT2D eigenvalue weighted by atomic mass is 16.3. The molecule has 1 aromatic rings. The molecular formula is C14H24N4O2. The molecule has 0 aliphatic carbocycles. The molecule has 1 unspecified atom stereocenters. The molecule has 1 atom stereocenters. The van der Waals surface area contributed by atoms with Gasteiger partial charge in [0.05, 0.1) is 12.3 Å². The minimum atomic E-state index is -0.256. The molecule has 1 aromatic heterocycles. The topological polar surface area (TPSA) is 61.6 Å². The van der Waals surface area contributed by atoms with Gasteiger partial charge in [0.15, 0.2) is 0 Å². The summed E-state index contributed by atoms with van der Waals surface area (Å²) in [4.78, 5) is 16.6. The lowest BCUT2D eigenvalue weighted by Crippen LogP contribution is -2.50. The van der Waals surface area contributed by atoms with Crippen LogP contribution >= 0.6 is 0 Å². The van der Waals surface area contributed by atoms with Crippen molar-refractivity contribution in [2.45, 2.75) is 26.8 Å². The van der Waals surface area contributed by atoms with Crippen molar-refractivity contribution in [3.8, 4) is 0 Å². The highest BCUT2D eigenvalue weighted by Gasteiger charge is 2.26. The Kier molecular flexibility index (Phi) is 4.77. The first kappa shape index (κ1) is 15.0. The Morgan fingerprint density at radius 2 is 2.00 bits per heavy atom. The molecule has 0 bridgehead atoms. The molecule has 1 fully saturated rings. The molecule has 0 aromatic carbocycles. The molecule has 0 radical (unpaired) electrons. The second-order valence-corrected chi connectivity index (χ2v) is 5.44. The van der Waals surface area contributed by atoms with Crippen LogP contribution in [0.4, 0.5) is 0 Å². The summed E-state index contributed by atoms with van der Waals surface area (Å²) in [6, 6.07) is 1.73. The van der Waals surface area contributed by atoms with Crippen LogP contribution in [0.25, 0.3) is 0 Å². The Hall–Kier alpha value is -1.40. The fraction of sp³-hybridized carbons (Fsp3) is 0.714. The van der Waals surface area contributed by atoms with Crippen LogP contribution in [0.3, 0.4) is 0 Å². The Labute approximate surface area is 120 Å². The van der Waals surface area contributed by atoms with Gasteiger partial charge in [-0.2, -0.15) is 5.10 Å². The summed E-state index contributed by atoms with van der Waals surface area (Å²) >= 11 is 0. The van der Waals surface area contributed by atoms with Crippen molar-refractivity contribution < 1.29 is 9.90 Å². The number of rotatable bonds is 4. The van der Waals surface area contributed by atoms with Gasteiger partial charge in [-0.25, -0.2) is 0 Å². The fourth-order valence-corrected chi connectivity index (χ4v) is 2.74. The van der Waals surface area contributed by atoms with Gasteiger partial charge >= 0.3 is 0 Å². The average Bonchev–Trinajstić information content (AvgIpc) is 2.77. The first-order chi connectivity index (χ1) is 9.52. The Balaban J connectivity index is 1.96. The summed E-state index contributed by atoms with van der Waals surface area (Å²) < 4.78 is 1.80. The SMILES string of the molecule is Cc1cc(C)n(C(C)C(=O)N2CCN(CCO)CC2)n1. The normalized spacial score (nSPS) is 18.3. The van der Waals surface area contributed by atoms with E-state index in [0.29, 0.717) is 6.54 Å². The second-order valence-electron chi connectivity index (χ2n) is 5.44. The molecule has 2 rings (SSSR count). The molecule has 1 aliphatic heterocycles. The van der Waals surface area contributed by atoms with Gasteiger partial charge in [0.1, 0.15) is 6.04 Å². The van der Waals surface area contributed by atoms with Crippen molar-refractivity contribution in [2.24, 2.45) is 0 Å². The van der Waals surface area contributed by atoms with Crippen LogP contribution in [0, 0.1) is 13.8 Å². The van der Waals surface area contributed by atoms with Crippen LogP contribution in [-0.4, -0.2) is 69.9 Å². The number of β-amino-alcohol motifs (C(OH)–C–C–N with tert-alkyl or cyclic N) is 1. The number of hydrogen-bond donors (Lipinski definition) is 1. The van der Waals surface area contributed by atoms with Crippen molar-refractivity contribution in [2.75, 3.05) is 39.3 Å². The number of aromatic nitrogens is 2. The number of hydrogen-bond acceptors (Lipinski definition) is 4. The zero-order chi connectivity index (χ0) is 14.7. The third-order valence-corrected chi connectivity index (χ3v) is 3.87. The van der Waals surface area contributed by atoms with Crippen molar-refractivity contribution in [1.82, 2.24) is 19.6 Å². The van der Waals surface area contributed by atoms with Gasteiger partial charge < -0.3 is 10.0 Å². The molecule has 1 amide bonds. The summed E-state index contributed by atoms with van der Waals surface area (Å²) in [5, 5.41) is 13.3. The number of carbonyl (C=O) groups excluding carboxylic acids is 1. The van der Waals surface area contributed by atoms with E-state index in [4.69, 9.17) is 5.11 Å². The minimum absolute atomic E-state index is 0.125. The number of carbonyl (C=O) groups is 1. The molecule has 6 nitrogen and oxygen atoms in total. The standard InChI is InChI=1S/C14H24N4O2/c1-11-10-12(2)18(15-11)13(3)14(20)17-6-4-16(5-7-17)8-9-19/h10,13,19H,4-9H2,1-3H3. The fourth-order valence-electron chi connectivity index (χ4n) is 2.74. The van der Waals surface area contributed by atoms with Crippen LogP contribution in [0.1, 0.15) is 24.4 Å². The van der Waals surface area contributed by atoms with Gasteiger partial charge in [0, 0.05) is 38.4 Å². The maximum absolute atomic E-state index is 12.5. The highest BCUT2D eigenvalue weighted by Crippen LogP contribution is 2.15. The van der Waals surface area contributed by atoms with Crippen LogP contribution in [0.5, 0.6) is 0 Å². The zero-order valence-corrected chi connectivity index (χ0v) is 12.5. The largest absolute Gasteiger partial charge is 0.395 e. The molecule has 0 spiro atoms. The third-order valence-electron chi connectivity index (χ3n) is 3.87. The van der Waals surface area contributed by atoms with E-state index in [1.165, 1.54) is 0 Å². The van der Waals surface area contributed by atoms with E-state index in [1.54, 1.807) is 4.68 Å². The predicted octanol–water partition coefficient (Wildman–Crippen LogP) is 0.197. The number of amides is 1. The lowest BCUT2D eigenvalue weighted by atomic mass is 10.2. The second kappa shape index (κ2) is 6.37. The molecule has 2 heterocycles. The zero-order valence-electron chi connectivity index (χ0n) is 12.5. The lowest BCUT2D eigenvalue weighted by Gasteiger charge is -2.35. The first-order valence-corrected chi connectivity index (χ1v) is 7.17. The van der Waals surface area contributed by atoms with Gasteiger partial charge in [0.25, 0.3) is 0 Å². The summed E-state index contributed by atoms with van der Waals surface area (Å²) in [5.74, 6) is 0.125. The summed E-state index contributed by atoms with van der Waals surface area (Å²) in [7, 11) is 0. The van der Waals surface area contributed by atoms with Crippen molar-refractivity contribution >= 4 is 5.91 Å². The van der Waals surface area contributed by atoms with Crippen LogP contribution < -0.4 is 0 Å². The summed E-state index contributed by atoms with van der Waals surface area (Å²) in [5.41, 5.74) is 1.96. The van der Waals surface area contributed by atoms with E-state index in [9.17, 15) is 4.79 Å². The predicted molar refractivity (Wildman–Crippen MR) is 76.5 cm³/mol. The van der Waals surface area contributed by atoms with Crippen molar-refractivity contribution in [3.05, 3.63) is 17.5 Å². The van der Waals surface area contributed by atoms with Crippen molar-refractivity contribution in [3.63, 3.8) is 0 Å². The first-order valence-electron chi connectivity index (χ1n) is 7.17. The van der Waals surface area contributed by atoms with E-state index in [2.05, 4.69) is 10.00 Å². The third kappa shape index (κ3) is 3.19. The van der Waals surface area contributed by atoms with E-state index in [1.807, 2.05) is 31.7 Å². The van der Waals surface area contributed by atoms with Crippen LogP contribution in [0.15, 0.2) is 6.07 Å². The van der Waals surface area contributed by atoms with Gasteiger partial charge in [-0.05, 0) is 26.8 Å². The number of aliphatic hydroxyl groups excluding tert-OH is 1. The van der Waals surface area contributed by atoms with Crippen LogP contribution in [-0.2, 0) is 4.79 Å². The molecule has 1 N–H and O–H groups in total. The van der Waals surface area contributed by atoms with Gasteiger partial charge in [-0.3, -0.25) is 14.4 Å². The van der Waals surface area contributed by atoms with Gasteiger partial charge in [-0.1, -0.05) is 0 Å². The summed E-state index contributed by atoms with van der Waals surface area (Å²) in [6.07, 6.45) is 0. The van der Waals surface area contributed by atoms with Gasteiger partial charge in [-0.15, -0.1) is 0 Å². The Morgan fingerprint density at radius 1 is 1.35 bits per heavy atom. The Morgan fingerprint density at radius 3 is 2.50 bits per heavy atom. The van der Waals surface area contributed by atoms with Crippen molar-refractivity contribution in [1.29, 1.82) is 0 Å². The lowest BCUT2D eigenvalue weighted by molar-refractivity contribution is -0.136.